The monoisotopic (exact) mass is 529 g/mol. The lowest BCUT2D eigenvalue weighted by Gasteiger charge is -2.29. The minimum atomic E-state index is -0.144. The molecule has 4 heterocycles. The van der Waals surface area contributed by atoms with E-state index in [-0.39, 0.29) is 17.7 Å². The van der Waals surface area contributed by atoms with Crippen LogP contribution in [0.2, 0.25) is 0 Å². The number of hydrogen-bond acceptors (Lipinski definition) is 8. The first kappa shape index (κ1) is 25.5. The first-order valence-electron chi connectivity index (χ1n) is 13.7. The van der Waals surface area contributed by atoms with E-state index < -0.39 is 0 Å². The van der Waals surface area contributed by atoms with Crippen molar-refractivity contribution in [3.8, 4) is 17.1 Å². The van der Waals surface area contributed by atoms with Gasteiger partial charge in [-0.1, -0.05) is 24.3 Å². The number of anilines is 1. The molecule has 10 nitrogen and oxygen atoms in total. The lowest BCUT2D eigenvalue weighted by Crippen LogP contribution is -2.35. The van der Waals surface area contributed by atoms with Crippen molar-refractivity contribution in [2.75, 3.05) is 38.7 Å². The number of benzene rings is 1. The van der Waals surface area contributed by atoms with Crippen molar-refractivity contribution in [2.24, 2.45) is 7.05 Å². The van der Waals surface area contributed by atoms with Crippen molar-refractivity contribution in [1.82, 2.24) is 29.4 Å². The summed E-state index contributed by atoms with van der Waals surface area (Å²) in [4.78, 5) is 18.7. The molecule has 2 fully saturated rings. The van der Waals surface area contributed by atoms with Crippen LogP contribution >= 0.6 is 0 Å². The third-order valence-electron chi connectivity index (χ3n) is 7.80. The van der Waals surface area contributed by atoms with E-state index in [1.54, 1.807) is 13.1 Å². The largest absolute Gasteiger partial charge is 0.473 e. The Kier molecular flexibility index (Phi) is 7.30. The van der Waals surface area contributed by atoms with Gasteiger partial charge in [0.25, 0.3) is 5.56 Å². The zero-order valence-corrected chi connectivity index (χ0v) is 22.5. The number of rotatable bonds is 7. The molecule has 1 saturated carbocycles. The van der Waals surface area contributed by atoms with E-state index in [9.17, 15) is 4.79 Å². The molecule has 4 aromatic rings. The topological polar surface area (TPSA) is 99.3 Å². The number of pyridine rings is 1. The summed E-state index contributed by atoms with van der Waals surface area (Å²) in [6.45, 7) is 4.50. The molecule has 0 bridgehead atoms. The van der Waals surface area contributed by atoms with Crippen molar-refractivity contribution in [3.05, 3.63) is 64.6 Å². The molecule has 1 aliphatic carbocycles. The van der Waals surface area contributed by atoms with Crippen LogP contribution in [0.3, 0.4) is 0 Å². The SMILES string of the molecule is CNc1cc2c(cn1)c(-c1ccc(CN3CCOCC3)cc1)nn2[C@H]1CC[C@@H](Oc2ccc(=O)n(C)n2)CC1. The Labute approximate surface area is 227 Å². The molecule has 0 amide bonds. The van der Waals surface area contributed by atoms with Crippen molar-refractivity contribution >= 4 is 16.7 Å². The minimum absolute atomic E-state index is 0.0705. The van der Waals surface area contributed by atoms with Gasteiger partial charge >= 0.3 is 0 Å². The van der Waals surface area contributed by atoms with Crippen molar-refractivity contribution < 1.29 is 9.47 Å². The number of aryl methyl sites for hydroxylation is 1. The molecule has 2 aliphatic rings. The van der Waals surface area contributed by atoms with Crippen LogP contribution in [0.1, 0.15) is 37.3 Å². The Bertz CT molecular complexity index is 1480. The van der Waals surface area contributed by atoms with Gasteiger partial charge in [0.05, 0.1) is 24.8 Å². The summed E-state index contributed by atoms with van der Waals surface area (Å²) < 4.78 is 15.1. The third kappa shape index (κ3) is 5.53. The van der Waals surface area contributed by atoms with Gasteiger partial charge in [-0.2, -0.15) is 5.10 Å². The number of ether oxygens (including phenoxy) is 2. The van der Waals surface area contributed by atoms with Gasteiger partial charge in [0.15, 0.2) is 0 Å². The molecule has 3 aromatic heterocycles. The highest BCUT2D eigenvalue weighted by atomic mass is 16.5. The van der Waals surface area contributed by atoms with E-state index in [4.69, 9.17) is 14.6 Å². The average Bonchev–Trinajstić information content (AvgIpc) is 3.35. The second-order valence-electron chi connectivity index (χ2n) is 10.4. The second-order valence-corrected chi connectivity index (χ2v) is 10.4. The van der Waals surface area contributed by atoms with Crippen molar-refractivity contribution in [2.45, 2.75) is 44.4 Å². The van der Waals surface area contributed by atoms with E-state index in [2.05, 4.69) is 55.3 Å². The summed E-state index contributed by atoms with van der Waals surface area (Å²) in [5.41, 5.74) is 4.30. The molecular weight excluding hydrogens is 494 g/mol. The van der Waals surface area contributed by atoms with Gasteiger partial charge in [0, 0.05) is 69.1 Å². The number of fused-ring (bicyclic) bond motifs is 1. The van der Waals surface area contributed by atoms with E-state index in [0.717, 1.165) is 86.5 Å². The van der Waals surface area contributed by atoms with Crippen LogP contribution < -0.4 is 15.6 Å². The lowest BCUT2D eigenvalue weighted by atomic mass is 9.93. The third-order valence-corrected chi connectivity index (χ3v) is 7.80. The molecule has 0 unspecified atom stereocenters. The highest BCUT2D eigenvalue weighted by Crippen LogP contribution is 2.36. The number of aromatic nitrogens is 5. The van der Waals surface area contributed by atoms with E-state index >= 15 is 0 Å². The zero-order valence-electron chi connectivity index (χ0n) is 22.5. The van der Waals surface area contributed by atoms with Crippen LogP contribution in [0.4, 0.5) is 5.82 Å². The van der Waals surface area contributed by atoms with Gasteiger partial charge in [-0.25, -0.2) is 9.67 Å². The van der Waals surface area contributed by atoms with Gasteiger partial charge in [0.1, 0.15) is 17.6 Å². The fraction of sp³-hybridized carbons (Fsp3) is 0.448. The number of morpholine rings is 1. The Balaban J connectivity index is 1.21. The molecule has 1 aromatic carbocycles. The van der Waals surface area contributed by atoms with Gasteiger partial charge < -0.3 is 14.8 Å². The zero-order chi connectivity index (χ0) is 26.8. The molecule has 0 spiro atoms. The highest BCUT2D eigenvalue weighted by molar-refractivity contribution is 5.94. The standard InChI is InChI=1S/C29H35N7O3/c1-30-26-17-25-24(18-31-26)29(21-5-3-20(4-6-21)19-35-13-15-38-16-14-35)33-36(25)22-7-9-23(10-8-22)39-27-11-12-28(37)34(2)32-27/h3-6,11-12,17-18,22-23H,7-10,13-16,19H2,1-2H3,(H,30,31)/t22-,23+. The normalized spacial score (nSPS) is 20.3. The van der Waals surface area contributed by atoms with Gasteiger partial charge in [0.2, 0.25) is 5.88 Å². The van der Waals surface area contributed by atoms with Crippen LogP contribution in [0.25, 0.3) is 22.2 Å². The molecular formula is C29H35N7O3. The maximum absolute atomic E-state index is 11.6. The summed E-state index contributed by atoms with van der Waals surface area (Å²) in [7, 11) is 3.53. The van der Waals surface area contributed by atoms with Crippen LogP contribution in [0, 0.1) is 0 Å². The van der Waals surface area contributed by atoms with Crippen LogP contribution in [0.15, 0.2) is 53.5 Å². The smallest absolute Gasteiger partial charge is 0.266 e. The molecule has 10 heteroatoms. The van der Waals surface area contributed by atoms with E-state index in [1.807, 2.05) is 13.2 Å². The highest BCUT2D eigenvalue weighted by Gasteiger charge is 2.27. The Morgan fingerprint density at radius 1 is 1.03 bits per heavy atom. The van der Waals surface area contributed by atoms with Crippen molar-refractivity contribution in [1.29, 1.82) is 0 Å². The predicted molar refractivity (Wildman–Crippen MR) is 150 cm³/mol. The second kappa shape index (κ2) is 11.2. The van der Waals surface area contributed by atoms with Crippen molar-refractivity contribution in [3.63, 3.8) is 0 Å². The summed E-state index contributed by atoms with van der Waals surface area (Å²) in [6, 6.07) is 14.3. The first-order chi connectivity index (χ1) is 19.1. The molecule has 1 aliphatic heterocycles. The lowest BCUT2D eigenvalue weighted by molar-refractivity contribution is 0.0342. The Morgan fingerprint density at radius 3 is 2.51 bits per heavy atom. The fourth-order valence-electron chi connectivity index (χ4n) is 5.57. The Hall–Kier alpha value is -3.76. The number of nitrogens with one attached hydrogen (secondary N) is 1. The molecule has 0 atom stereocenters. The molecule has 204 valence electrons. The molecule has 0 radical (unpaired) electrons. The molecule has 39 heavy (non-hydrogen) atoms. The molecule has 1 N–H and O–H groups in total. The van der Waals surface area contributed by atoms with Crippen LogP contribution in [-0.2, 0) is 18.3 Å². The van der Waals surface area contributed by atoms with E-state index in [0.29, 0.717) is 5.88 Å². The summed E-state index contributed by atoms with van der Waals surface area (Å²) in [6.07, 6.45) is 5.69. The summed E-state index contributed by atoms with van der Waals surface area (Å²) in [5, 5.41) is 13.6. The van der Waals surface area contributed by atoms with Gasteiger partial charge in [-0.05, 0) is 31.2 Å². The predicted octanol–water partition coefficient (Wildman–Crippen LogP) is 3.63. The number of hydrogen-bond donors (Lipinski definition) is 1. The minimum Gasteiger partial charge on any atom is -0.473 e. The van der Waals surface area contributed by atoms with Crippen LogP contribution in [0.5, 0.6) is 5.88 Å². The quantitative estimate of drug-likeness (QED) is 0.388. The van der Waals surface area contributed by atoms with Gasteiger partial charge in [-0.3, -0.25) is 14.4 Å². The maximum atomic E-state index is 11.6. The van der Waals surface area contributed by atoms with Gasteiger partial charge in [-0.15, -0.1) is 5.10 Å². The fourth-order valence-corrected chi connectivity index (χ4v) is 5.57. The van der Waals surface area contributed by atoms with E-state index in [1.165, 1.54) is 16.3 Å². The number of nitrogens with zero attached hydrogens (tertiary/aromatic N) is 6. The summed E-state index contributed by atoms with van der Waals surface area (Å²) in [5.74, 6) is 1.32. The first-order valence-corrected chi connectivity index (χ1v) is 13.7. The molecule has 6 rings (SSSR count). The summed E-state index contributed by atoms with van der Waals surface area (Å²) >= 11 is 0. The Morgan fingerprint density at radius 2 is 1.79 bits per heavy atom. The molecule has 1 saturated heterocycles. The maximum Gasteiger partial charge on any atom is 0.266 e. The van der Waals surface area contributed by atoms with Crippen LogP contribution in [-0.4, -0.2) is 68.9 Å². The average molecular weight is 530 g/mol.